The van der Waals surface area contributed by atoms with Crippen LogP contribution in [0.15, 0.2) is 60.3 Å². The number of aryl methyl sites for hydroxylation is 2. The van der Waals surface area contributed by atoms with Gasteiger partial charge in [-0.15, -0.1) is 16.8 Å². The summed E-state index contributed by atoms with van der Waals surface area (Å²) in [5.74, 6) is 0.391. The highest BCUT2D eigenvalue weighted by Crippen LogP contribution is 2.27. The molecule has 4 rings (SSSR count). The molecule has 1 aliphatic carbocycles. The van der Waals surface area contributed by atoms with Crippen molar-refractivity contribution < 1.29 is 9.18 Å². The zero-order valence-electron chi connectivity index (χ0n) is 15.4. The molecule has 0 spiro atoms. The second-order valence-electron chi connectivity index (χ2n) is 6.73. The molecule has 0 saturated heterocycles. The molecule has 28 heavy (non-hydrogen) atoms. The molecule has 0 aliphatic heterocycles. The topological polar surface area (TPSA) is 47.8 Å². The molecule has 1 aliphatic rings. The van der Waals surface area contributed by atoms with E-state index in [-0.39, 0.29) is 17.4 Å². The first-order chi connectivity index (χ1) is 13.7. The first kappa shape index (κ1) is 18.6. The number of Topliss-reactive ketones (excluding diaryl/α,β-unsaturated/α-hetero) is 1. The molecule has 0 saturated carbocycles. The molecule has 0 bridgehead atoms. The van der Waals surface area contributed by atoms with Crippen LogP contribution in [-0.2, 0) is 19.4 Å². The number of ketones is 1. The lowest BCUT2D eigenvalue weighted by molar-refractivity contribution is 0.102. The standard InChI is InChI=1S/C22H20FN3OS/c1-2-12-26-21(18-8-3-4-9-19(18)23)24-25-22(26)28-14-20(27)17-11-10-15-6-5-7-16(15)13-17/h2-4,8-11,13H,1,5-7,12,14H2. The summed E-state index contributed by atoms with van der Waals surface area (Å²) in [4.78, 5) is 12.7. The Balaban J connectivity index is 1.54. The zero-order chi connectivity index (χ0) is 19.5. The number of halogens is 1. The number of benzene rings is 2. The van der Waals surface area contributed by atoms with Crippen molar-refractivity contribution in [3.05, 3.63) is 77.6 Å². The first-order valence-electron chi connectivity index (χ1n) is 9.24. The molecule has 0 radical (unpaired) electrons. The smallest absolute Gasteiger partial charge is 0.192 e. The Morgan fingerprint density at radius 1 is 1.18 bits per heavy atom. The van der Waals surface area contributed by atoms with Crippen LogP contribution in [0, 0.1) is 5.82 Å². The maximum atomic E-state index is 14.2. The fourth-order valence-electron chi connectivity index (χ4n) is 3.49. The van der Waals surface area contributed by atoms with E-state index < -0.39 is 0 Å². The van der Waals surface area contributed by atoms with E-state index in [1.807, 2.05) is 12.1 Å². The van der Waals surface area contributed by atoms with Crippen LogP contribution >= 0.6 is 11.8 Å². The fraction of sp³-hybridized carbons (Fsp3) is 0.227. The lowest BCUT2D eigenvalue weighted by atomic mass is 10.0. The highest BCUT2D eigenvalue weighted by atomic mass is 32.2. The van der Waals surface area contributed by atoms with Gasteiger partial charge in [0.25, 0.3) is 0 Å². The van der Waals surface area contributed by atoms with Gasteiger partial charge in [0.2, 0.25) is 0 Å². The van der Waals surface area contributed by atoms with Crippen molar-refractivity contribution in [1.82, 2.24) is 14.8 Å². The van der Waals surface area contributed by atoms with E-state index in [9.17, 15) is 9.18 Å². The summed E-state index contributed by atoms with van der Waals surface area (Å²) >= 11 is 1.31. The van der Waals surface area contributed by atoms with Crippen LogP contribution < -0.4 is 0 Å². The molecule has 0 unspecified atom stereocenters. The molecular weight excluding hydrogens is 373 g/mol. The van der Waals surface area contributed by atoms with Gasteiger partial charge in [-0.1, -0.05) is 42.1 Å². The first-order valence-corrected chi connectivity index (χ1v) is 10.2. The van der Waals surface area contributed by atoms with E-state index in [2.05, 4.69) is 22.8 Å². The van der Waals surface area contributed by atoms with Gasteiger partial charge in [-0.2, -0.15) is 0 Å². The maximum Gasteiger partial charge on any atom is 0.192 e. The average Bonchev–Trinajstić information content (AvgIpc) is 3.33. The largest absolute Gasteiger partial charge is 0.298 e. The Kier molecular flexibility index (Phi) is 5.39. The summed E-state index contributed by atoms with van der Waals surface area (Å²) in [5.41, 5.74) is 3.75. The van der Waals surface area contributed by atoms with Crippen LogP contribution in [-0.4, -0.2) is 26.3 Å². The predicted molar refractivity (Wildman–Crippen MR) is 109 cm³/mol. The van der Waals surface area contributed by atoms with Gasteiger partial charge in [-0.05, 0) is 48.6 Å². The molecule has 0 N–H and O–H groups in total. The minimum atomic E-state index is -0.356. The SMILES string of the molecule is C=CCn1c(SCC(=O)c2ccc3c(c2)CCC3)nnc1-c1ccccc1F. The third kappa shape index (κ3) is 3.64. The van der Waals surface area contributed by atoms with Gasteiger partial charge in [0.15, 0.2) is 16.8 Å². The van der Waals surface area contributed by atoms with Crippen molar-refractivity contribution in [3.8, 4) is 11.4 Å². The lowest BCUT2D eigenvalue weighted by Gasteiger charge is -2.08. The van der Waals surface area contributed by atoms with Crippen molar-refractivity contribution in [3.63, 3.8) is 0 Å². The van der Waals surface area contributed by atoms with E-state index in [1.54, 1.807) is 28.8 Å². The number of aromatic nitrogens is 3. The molecule has 1 heterocycles. The highest BCUT2D eigenvalue weighted by Gasteiger charge is 2.18. The number of rotatable bonds is 7. The second-order valence-corrected chi connectivity index (χ2v) is 7.68. The summed E-state index contributed by atoms with van der Waals surface area (Å²) in [7, 11) is 0. The molecule has 0 fully saturated rings. The third-order valence-corrected chi connectivity index (χ3v) is 5.86. The number of allylic oxidation sites excluding steroid dienone is 1. The predicted octanol–water partition coefficient (Wildman–Crippen LogP) is 4.73. The van der Waals surface area contributed by atoms with E-state index in [4.69, 9.17) is 0 Å². The Morgan fingerprint density at radius 2 is 2.00 bits per heavy atom. The van der Waals surface area contributed by atoms with Crippen molar-refractivity contribution in [2.24, 2.45) is 0 Å². The van der Waals surface area contributed by atoms with E-state index in [0.717, 1.165) is 24.8 Å². The molecule has 2 aromatic carbocycles. The number of nitrogens with zero attached hydrogens (tertiary/aromatic N) is 3. The van der Waals surface area contributed by atoms with Crippen LogP contribution in [0.2, 0.25) is 0 Å². The number of fused-ring (bicyclic) bond motifs is 1. The van der Waals surface area contributed by atoms with E-state index in [0.29, 0.717) is 23.1 Å². The van der Waals surface area contributed by atoms with Gasteiger partial charge in [0, 0.05) is 12.1 Å². The van der Waals surface area contributed by atoms with Crippen molar-refractivity contribution >= 4 is 17.5 Å². The number of carbonyl (C=O) groups excluding carboxylic acids is 1. The maximum absolute atomic E-state index is 14.2. The van der Waals surface area contributed by atoms with Crippen LogP contribution in [0.25, 0.3) is 11.4 Å². The normalized spacial score (nSPS) is 12.8. The minimum absolute atomic E-state index is 0.0558. The quantitative estimate of drug-likeness (QED) is 0.331. The van der Waals surface area contributed by atoms with Gasteiger partial charge in [-0.3, -0.25) is 9.36 Å². The molecule has 142 valence electrons. The number of thioether (sulfide) groups is 1. The molecule has 3 aromatic rings. The van der Waals surface area contributed by atoms with Crippen molar-refractivity contribution in [1.29, 1.82) is 0 Å². The fourth-order valence-corrected chi connectivity index (χ4v) is 4.33. The summed E-state index contributed by atoms with van der Waals surface area (Å²) in [5, 5.41) is 8.92. The molecular formula is C22H20FN3OS. The Labute approximate surface area is 167 Å². The van der Waals surface area contributed by atoms with Crippen molar-refractivity contribution in [2.75, 3.05) is 5.75 Å². The molecule has 1 aromatic heterocycles. The Morgan fingerprint density at radius 3 is 2.82 bits per heavy atom. The lowest BCUT2D eigenvalue weighted by Crippen LogP contribution is -2.06. The second kappa shape index (κ2) is 8.10. The van der Waals surface area contributed by atoms with Gasteiger partial charge in [0.1, 0.15) is 5.82 Å². The van der Waals surface area contributed by atoms with Crippen molar-refractivity contribution in [2.45, 2.75) is 31.0 Å². The van der Waals surface area contributed by atoms with Crippen LogP contribution in [0.3, 0.4) is 0 Å². The van der Waals surface area contributed by atoms with Gasteiger partial charge in [0.05, 0.1) is 11.3 Å². The number of hydrogen-bond donors (Lipinski definition) is 0. The Hall–Kier alpha value is -2.73. The van der Waals surface area contributed by atoms with Gasteiger partial charge < -0.3 is 0 Å². The summed E-state index contributed by atoms with van der Waals surface area (Å²) in [6.45, 7) is 4.20. The van der Waals surface area contributed by atoms with Gasteiger partial charge in [-0.25, -0.2) is 4.39 Å². The van der Waals surface area contributed by atoms with Crippen LogP contribution in [0.4, 0.5) is 4.39 Å². The number of carbonyl (C=O) groups is 1. The van der Waals surface area contributed by atoms with Crippen LogP contribution in [0.5, 0.6) is 0 Å². The minimum Gasteiger partial charge on any atom is -0.298 e. The Bertz CT molecular complexity index is 1040. The molecule has 4 nitrogen and oxygen atoms in total. The number of hydrogen-bond acceptors (Lipinski definition) is 4. The average molecular weight is 393 g/mol. The van der Waals surface area contributed by atoms with Crippen LogP contribution in [0.1, 0.15) is 27.9 Å². The summed E-state index contributed by atoms with van der Waals surface area (Å²) in [6.07, 6.45) is 5.01. The molecule has 0 atom stereocenters. The van der Waals surface area contributed by atoms with Gasteiger partial charge >= 0.3 is 0 Å². The molecule has 6 heteroatoms. The van der Waals surface area contributed by atoms with E-state index >= 15 is 0 Å². The molecule has 0 amide bonds. The zero-order valence-corrected chi connectivity index (χ0v) is 16.2. The monoisotopic (exact) mass is 393 g/mol. The van der Waals surface area contributed by atoms with E-state index in [1.165, 1.54) is 29.0 Å². The summed E-state index contributed by atoms with van der Waals surface area (Å²) in [6, 6.07) is 12.5. The third-order valence-electron chi connectivity index (χ3n) is 4.90. The highest BCUT2D eigenvalue weighted by molar-refractivity contribution is 7.99. The summed E-state index contributed by atoms with van der Waals surface area (Å²) < 4.78 is 16.0.